The minimum Gasteiger partial charge on any atom is -0.493 e. The first-order valence-corrected chi connectivity index (χ1v) is 9.06. The van der Waals surface area contributed by atoms with Gasteiger partial charge in [0.15, 0.2) is 23.9 Å². The normalized spacial score (nSPS) is 13.7. The van der Waals surface area contributed by atoms with Crippen LogP contribution in [0.25, 0.3) is 6.08 Å². The predicted molar refractivity (Wildman–Crippen MR) is 106 cm³/mol. The van der Waals surface area contributed by atoms with Crippen LogP contribution in [0.5, 0.6) is 23.0 Å². The summed E-state index contributed by atoms with van der Waals surface area (Å²) < 4.78 is 26.7. The summed E-state index contributed by atoms with van der Waals surface area (Å²) >= 11 is 0. The molecule has 29 heavy (non-hydrogen) atoms. The van der Waals surface area contributed by atoms with E-state index in [1.165, 1.54) is 0 Å². The molecular formula is C22H22O7. The number of fused-ring (bicyclic) bond motifs is 1. The van der Waals surface area contributed by atoms with Gasteiger partial charge in [0.25, 0.3) is 0 Å². The van der Waals surface area contributed by atoms with Crippen molar-refractivity contribution in [1.82, 2.24) is 0 Å². The maximum atomic E-state index is 12.7. The number of carbonyl (C=O) groups is 2. The Labute approximate surface area is 168 Å². The zero-order chi connectivity index (χ0) is 21.0. The number of hydrogen-bond acceptors (Lipinski definition) is 7. The Morgan fingerprint density at radius 1 is 1.07 bits per heavy atom. The predicted octanol–water partition coefficient (Wildman–Crippen LogP) is 3.57. The third-order valence-electron chi connectivity index (χ3n) is 4.39. The van der Waals surface area contributed by atoms with E-state index >= 15 is 0 Å². The van der Waals surface area contributed by atoms with Gasteiger partial charge >= 0.3 is 5.97 Å². The van der Waals surface area contributed by atoms with Crippen LogP contribution in [-0.4, -0.2) is 39.2 Å². The van der Waals surface area contributed by atoms with Gasteiger partial charge in [-0.1, -0.05) is 6.07 Å². The van der Waals surface area contributed by atoms with Crippen molar-refractivity contribution in [2.24, 2.45) is 0 Å². The second-order valence-corrected chi connectivity index (χ2v) is 6.21. The summed E-state index contributed by atoms with van der Waals surface area (Å²) in [7, 11) is 3.10. The number of Topliss-reactive ketones (excluding diaryl/α,β-unsaturated/α-hetero) is 1. The smallest absolute Gasteiger partial charge is 0.344 e. The summed E-state index contributed by atoms with van der Waals surface area (Å²) in [5.74, 6) is 1.53. The van der Waals surface area contributed by atoms with Gasteiger partial charge in [0.1, 0.15) is 11.5 Å². The van der Waals surface area contributed by atoms with Crippen LogP contribution in [0.15, 0.2) is 36.1 Å². The van der Waals surface area contributed by atoms with E-state index in [9.17, 15) is 9.59 Å². The number of hydrogen-bond donors (Lipinski definition) is 0. The van der Waals surface area contributed by atoms with Crippen LogP contribution in [0.1, 0.15) is 28.4 Å². The fourth-order valence-electron chi connectivity index (χ4n) is 2.96. The second-order valence-electron chi connectivity index (χ2n) is 6.21. The average Bonchev–Trinajstić information content (AvgIpc) is 3.04. The van der Waals surface area contributed by atoms with Crippen molar-refractivity contribution in [3.8, 4) is 23.0 Å². The molecule has 7 heteroatoms. The quantitative estimate of drug-likeness (QED) is 0.521. The maximum Gasteiger partial charge on any atom is 0.344 e. The van der Waals surface area contributed by atoms with Crippen molar-refractivity contribution in [3.63, 3.8) is 0 Å². The van der Waals surface area contributed by atoms with E-state index in [-0.39, 0.29) is 24.8 Å². The number of carbonyl (C=O) groups excluding carboxylic acids is 2. The van der Waals surface area contributed by atoms with Gasteiger partial charge in [0.2, 0.25) is 5.78 Å². The lowest BCUT2D eigenvalue weighted by Gasteiger charge is -2.11. The highest BCUT2D eigenvalue weighted by atomic mass is 16.6. The Hall–Kier alpha value is -3.48. The van der Waals surface area contributed by atoms with E-state index in [0.717, 1.165) is 5.56 Å². The first-order chi connectivity index (χ1) is 14.0. The van der Waals surface area contributed by atoms with Crippen LogP contribution in [0.4, 0.5) is 0 Å². The number of rotatable bonds is 7. The van der Waals surface area contributed by atoms with E-state index in [1.54, 1.807) is 64.5 Å². The molecule has 0 aromatic heterocycles. The lowest BCUT2D eigenvalue weighted by atomic mass is 10.1. The standard InChI is InChI=1S/C22H22O7/c1-5-27-20(23)12-28-16-9-7-15-21(24)19(29-22(15)13(16)2)11-14-6-8-17(25-3)18(10-14)26-4/h6-11H,5,12H2,1-4H3/b19-11-. The SMILES string of the molecule is CCOC(=O)COc1ccc2c(c1C)O/C(=C\c1ccc(OC)c(OC)c1)C2=O. The molecule has 0 radical (unpaired) electrons. The van der Waals surface area contributed by atoms with Crippen LogP contribution in [0.3, 0.4) is 0 Å². The Morgan fingerprint density at radius 3 is 2.48 bits per heavy atom. The van der Waals surface area contributed by atoms with E-state index < -0.39 is 5.97 Å². The Bertz CT molecular complexity index is 975. The molecule has 7 nitrogen and oxygen atoms in total. The first-order valence-electron chi connectivity index (χ1n) is 9.06. The molecule has 152 valence electrons. The van der Waals surface area contributed by atoms with Crippen molar-refractivity contribution in [1.29, 1.82) is 0 Å². The van der Waals surface area contributed by atoms with Gasteiger partial charge in [0.05, 0.1) is 26.4 Å². The Kier molecular flexibility index (Phi) is 6.07. The summed E-state index contributed by atoms with van der Waals surface area (Å²) in [5, 5.41) is 0. The molecule has 1 heterocycles. The molecule has 0 saturated heterocycles. The van der Waals surface area contributed by atoms with Crippen molar-refractivity contribution in [3.05, 3.63) is 52.8 Å². The van der Waals surface area contributed by atoms with E-state index in [0.29, 0.717) is 34.1 Å². The fourth-order valence-corrected chi connectivity index (χ4v) is 2.96. The van der Waals surface area contributed by atoms with Crippen LogP contribution in [0, 0.1) is 6.92 Å². The van der Waals surface area contributed by atoms with Crippen molar-refractivity contribution >= 4 is 17.8 Å². The van der Waals surface area contributed by atoms with Gasteiger partial charge in [-0.2, -0.15) is 0 Å². The molecule has 0 aliphatic carbocycles. The molecule has 0 bridgehead atoms. The lowest BCUT2D eigenvalue weighted by molar-refractivity contribution is -0.145. The second kappa shape index (κ2) is 8.68. The van der Waals surface area contributed by atoms with E-state index in [1.807, 2.05) is 0 Å². The summed E-state index contributed by atoms with van der Waals surface area (Å²) in [6, 6.07) is 8.58. The molecular weight excluding hydrogens is 376 g/mol. The Morgan fingerprint density at radius 2 is 1.79 bits per heavy atom. The van der Waals surface area contributed by atoms with Gasteiger partial charge in [-0.25, -0.2) is 4.79 Å². The molecule has 0 N–H and O–H groups in total. The van der Waals surface area contributed by atoms with Crippen molar-refractivity contribution < 1.29 is 33.3 Å². The minimum absolute atomic E-state index is 0.192. The van der Waals surface area contributed by atoms with Gasteiger partial charge in [0, 0.05) is 5.56 Å². The number of esters is 1. The molecule has 3 rings (SSSR count). The Balaban J connectivity index is 1.84. The fraction of sp³-hybridized carbons (Fsp3) is 0.273. The number of ether oxygens (including phenoxy) is 5. The zero-order valence-electron chi connectivity index (χ0n) is 16.7. The molecule has 1 aliphatic rings. The lowest BCUT2D eigenvalue weighted by Crippen LogP contribution is -2.15. The minimum atomic E-state index is -0.460. The van der Waals surface area contributed by atoms with E-state index in [2.05, 4.69) is 0 Å². The van der Waals surface area contributed by atoms with Gasteiger partial charge < -0.3 is 23.7 Å². The topological polar surface area (TPSA) is 80.3 Å². The highest BCUT2D eigenvalue weighted by molar-refractivity contribution is 6.15. The molecule has 1 aliphatic heterocycles. The molecule has 0 unspecified atom stereocenters. The molecule has 0 amide bonds. The van der Waals surface area contributed by atoms with Crippen LogP contribution in [-0.2, 0) is 9.53 Å². The molecule has 0 spiro atoms. The van der Waals surface area contributed by atoms with Crippen molar-refractivity contribution in [2.75, 3.05) is 27.4 Å². The van der Waals surface area contributed by atoms with Crippen molar-refractivity contribution in [2.45, 2.75) is 13.8 Å². The molecule has 2 aromatic rings. The summed E-state index contributed by atoms with van der Waals surface area (Å²) in [5.41, 5.74) is 1.81. The van der Waals surface area contributed by atoms with Crippen LogP contribution >= 0.6 is 0 Å². The molecule has 0 atom stereocenters. The highest BCUT2D eigenvalue weighted by Crippen LogP contribution is 2.39. The maximum absolute atomic E-state index is 12.7. The zero-order valence-corrected chi connectivity index (χ0v) is 16.7. The third-order valence-corrected chi connectivity index (χ3v) is 4.39. The van der Waals surface area contributed by atoms with Gasteiger partial charge in [-0.3, -0.25) is 4.79 Å². The highest BCUT2D eigenvalue weighted by Gasteiger charge is 2.30. The summed E-state index contributed by atoms with van der Waals surface area (Å²) in [6.07, 6.45) is 1.64. The third kappa shape index (κ3) is 4.18. The number of methoxy groups -OCH3 is 2. The molecule has 0 fully saturated rings. The first kappa shape index (κ1) is 20.3. The van der Waals surface area contributed by atoms with Crippen LogP contribution < -0.4 is 18.9 Å². The van der Waals surface area contributed by atoms with Crippen LogP contribution in [0.2, 0.25) is 0 Å². The number of allylic oxidation sites excluding steroid dienone is 1. The molecule has 0 saturated carbocycles. The monoisotopic (exact) mass is 398 g/mol. The number of benzene rings is 2. The van der Waals surface area contributed by atoms with E-state index in [4.69, 9.17) is 23.7 Å². The molecule has 2 aromatic carbocycles. The van der Waals surface area contributed by atoms with Gasteiger partial charge in [-0.15, -0.1) is 0 Å². The average molecular weight is 398 g/mol. The number of ketones is 1. The summed E-state index contributed by atoms with van der Waals surface area (Å²) in [6.45, 7) is 3.57. The van der Waals surface area contributed by atoms with Gasteiger partial charge in [-0.05, 0) is 49.8 Å². The summed E-state index contributed by atoms with van der Waals surface area (Å²) in [4.78, 5) is 24.2. The largest absolute Gasteiger partial charge is 0.493 e.